The maximum Gasteiger partial charge on any atom is 0.335 e. The molecule has 3 rings (SSSR count). The third kappa shape index (κ3) is 3.29. The summed E-state index contributed by atoms with van der Waals surface area (Å²) in [6, 6.07) is 13.0. The molecule has 1 saturated heterocycles. The van der Waals surface area contributed by atoms with Gasteiger partial charge in [-0.15, -0.1) is 0 Å². The lowest BCUT2D eigenvalue weighted by atomic mass is 10.0. The monoisotopic (exact) mass is 355 g/mol. The number of hydrogen-bond donors (Lipinski definition) is 1. The summed E-state index contributed by atoms with van der Waals surface area (Å²) in [5.41, 5.74) is 1.60. The van der Waals surface area contributed by atoms with Crippen molar-refractivity contribution in [1.82, 2.24) is 5.32 Å². The second kappa shape index (κ2) is 6.86. The van der Waals surface area contributed by atoms with Crippen LogP contribution in [-0.4, -0.2) is 24.1 Å². The minimum atomic E-state index is -1.21. The predicted molar refractivity (Wildman–Crippen MR) is 95.3 cm³/mol. The van der Waals surface area contributed by atoms with Crippen LogP contribution in [0.2, 0.25) is 5.02 Å². The van der Waals surface area contributed by atoms with Crippen molar-refractivity contribution in [2.45, 2.75) is 6.92 Å². The largest absolute Gasteiger partial charge is 0.335 e. The van der Waals surface area contributed by atoms with Crippen LogP contribution >= 0.6 is 11.6 Å². The molecule has 2 aromatic rings. The molecule has 6 nitrogen and oxygen atoms in total. The standard InChI is InChI=1S/C18H14ClN3O3/c1-11-6-2-5-9-15(11)22-17(24)12(16(23)21-18(22)25)10-20-14-8-4-3-7-13(14)19/h2-10,12H,1H3,(H,21,23,25)/t12-/m1/s1. The summed E-state index contributed by atoms with van der Waals surface area (Å²) in [7, 11) is 0. The fourth-order valence-corrected chi connectivity index (χ4v) is 2.66. The molecule has 0 unspecified atom stereocenters. The lowest BCUT2D eigenvalue weighted by Gasteiger charge is -2.29. The van der Waals surface area contributed by atoms with Crippen LogP contribution in [0, 0.1) is 12.8 Å². The Morgan fingerprint density at radius 1 is 1.08 bits per heavy atom. The van der Waals surface area contributed by atoms with Gasteiger partial charge in [-0.25, -0.2) is 9.69 Å². The second-order valence-electron chi connectivity index (χ2n) is 5.46. The summed E-state index contributed by atoms with van der Waals surface area (Å²) >= 11 is 6.02. The van der Waals surface area contributed by atoms with E-state index in [-0.39, 0.29) is 0 Å². The lowest BCUT2D eigenvalue weighted by molar-refractivity contribution is -0.131. The molecule has 1 aliphatic rings. The summed E-state index contributed by atoms with van der Waals surface area (Å²) in [5, 5.41) is 2.59. The molecule has 126 valence electrons. The highest BCUT2D eigenvalue weighted by molar-refractivity contribution is 6.34. The highest BCUT2D eigenvalue weighted by Gasteiger charge is 2.40. The quantitative estimate of drug-likeness (QED) is 0.678. The van der Waals surface area contributed by atoms with E-state index in [1.165, 1.54) is 6.21 Å². The van der Waals surface area contributed by atoms with Gasteiger partial charge in [0.25, 0.3) is 5.91 Å². The lowest BCUT2D eigenvalue weighted by Crippen LogP contribution is -2.58. The number of halogens is 1. The van der Waals surface area contributed by atoms with E-state index in [0.29, 0.717) is 16.4 Å². The minimum absolute atomic E-state index is 0.397. The second-order valence-corrected chi connectivity index (χ2v) is 5.87. The first kappa shape index (κ1) is 16.9. The fraction of sp³-hybridized carbons (Fsp3) is 0.111. The molecule has 0 aliphatic carbocycles. The molecule has 7 heteroatoms. The maximum absolute atomic E-state index is 12.7. The average Bonchev–Trinajstić information content (AvgIpc) is 2.57. The number of rotatable bonds is 3. The smallest absolute Gasteiger partial charge is 0.276 e. The molecule has 1 atom stereocenters. The number of barbiturate groups is 1. The maximum atomic E-state index is 12.7. The molecule has 0 radical (unpaired) electrons. The number of amides is 4. The zero-order valence-electron chi connectivity index (χ0n) is 13.3. The summed E-state index contributed by atoms with van der Waals surface area (Å²) in [4.78, 5) is 42.0. The van der Waals surface area contributed by atoms with E-state index < -0.39 is 23.8 Å². The molecule has 0 aromatic heterocycles. The number of imide groups is 2. The van der Waals surface area contributed by atoms with E-state index in [2.05, 4.69) is 10.3 Å². The number of carbonyl (C=O) groups excluding carboxylic acids is 3. The van der Waals surface area contributed by atoms with E-state index >= 15 is 0 Å². The van der Waals surface area contributed by atoms with Gasteiger partial charge in [-0.3, -0.25) is 19.9 Å². The molecule has 4 amide bonds. The number of anilines is 1. The molecule has 25 heavy (non-hydrogen) atoms. The zero-order valence-corrected chi connectivity index (χ0v) is 14.0. The van der Waals surface area contributed by atoms with Gasteiger partial charge in [0, 0.05) is 6.21 Å². The molecule has 0 saturated carbocycles. The highest BCUT2D eigenvalue weighted by Crippen LogP contribution is 2.26. The van der Waals surface area contributed by atoms with E-state index in [9.17, 15) is 14.4 Å². The Hall–Kier alpha value is -2.99. The minimum Gasteiger partial charge on any atom is -0.276 e. The van der Waals surface area contributed by atoms with Crippen molar-refractivity contribution in [3.05, 3.63) is 59.1 Å². The SMILES string of the molecule is Cc1ccccc1N1C(=O)NC(=O)[C@@H](C=Nc2ccccc2Cl)C1=O. The molecule has 1 aliphatic heterocycles. The van der Waals surface area contributed by atoms with Gasteiger partial charge < -0.3 is 0 Å². The summed E-state index contributed by atoms with van der Waals surface area (Å²) in [5.74, 6) is -2.58. The summed E-state index contributed by atoms with van der Waals surface area (Å²) < 4.78 is 0. The number of para-hydroxylation sites is 2. The average molecular weight is 356 g/mol. The van der Waals surface area contributed by atoms with Gasteiger partial charge in [-0.05, 0) is 30.7 Å². The van der Waals surface area contributed by atoms with E-state index in [4.69, 9.17) is 11.6 Å². The van der Waals surface area contributed by atoms with Gasteiger partial charge in [-0.1, -0.05) is 41.9 Å². The molecular formula is C18H14ClN3O3. The first-order valence-corrected chi connectivity index (χ1v) is 7.90. The van der Waals surface area contributed by atoms with Crippen LogP contribution in [0.4, 0.5) is 16.2 Å². The van der Waals surface area contributed by atoms with Gasteiger partial charge in [0.1, 0.15) is 0 Å². The van der Waals surface area contributed by atoms with Crippen LogP contribution in [0.3, 0.4) is 0 Å². The normalized spacial score (nSPS) is 17.9. The Morgan fingerprint density at radius 3 is 2.48 bits per heavy atom. The molecule has 2 aromatic carbocycles. The Morgan fingerprint density at radius 2 is 1.76 bits per heavy atom. The van der Waals surface area contributed by atoms with Gasteiger partial charge >= 0.3 is 6.03 Å². The Balaban J connectivity index is 1.94. The Bertz CT molecular complexity index is 895. The first-order valence-electron chi connectivity index (χ1n) is 7.52. The molecular weight excluding hydrogens is 342 g/mol. The number of nitrogens with zero attached hydrogens (tertiary/aromatic N) is 2. The van der Waals surface area contributed by atoms with Crippen LogP contribution < -0.4 is 10.2 Å². The number of nitrogens with one attached hydrogen (secondary N) is 1. The molecule has 0 spiro atoms. The molecule has 1 fully saturated rings. The third-order valence-electron chi connectivity index (χ3n) is 3.77. The van der Waals surface area contributed by atoms with Crippen molar-refractivity contribution in [2.24, 2.45) is 10.9 Å². The van der Waals surface area contributed by atoms with Crippen molar-refractivity contribution < 1.29 is 14.4 Å². The van der Waals surface area contributed by atoms with Gasteiger partial charge in [0.2, 0.25) is 5.91 Å². The number of benzene rings is 2. The molecule has 0 bridgehead atoms. The number of carbonyl (C=O) groups is 3. The molecule has 1 N–H and O–H groups in total. The number of urea groups is 1. The summed E-state index contributed by atoms with van der Waals surface area (Å²) in [6.07, 6.45) is 1.20. The number of aryl methyl sites for hydroxylation is 1. The van der Waals surface area contributed by atoms with Gasteiger partial charge in [0.05, 0.1) is 16.4 Å². The van der Waals surface area contributed by atoms with Crippen molar-refractivity contribution in [3.63, 3.8) is 0 Å². The number of aliphatic imine (C=N–C) groups is 1. The Kier molecular flexibility index (Phi) is 4.63. The van der Waals surface area contributed by atoms with E-state index in [1.807, 2.05) is 0 Å². The van der Waals surface area contributed by atoms with Crippen molar-refractivity contribution in [1.29, 1.82) is 0 Å². The number of hydrogen-bond acceptors (Lipinski definition) is 4. The third-order valence-corrected chi connectivity index (χ3v) is 4.09. The fourth-order valence-electron chi connectivity index (χ4n) is 2.48. The van der Waals surface area contributed by atoms with Gasteiger partial charge in [0.15, 0.2) is 5.92 Å². The molecule has 1 heterocycles. The van der Waals surface area contributed by atoms with Crippen LogP contribution in [0.25, 0.3) is 0 Å². The van der Waals surface area contributed by atoms with E-state index in [1.54, 1.807) is 55.5 Å². The van der Waals surface area contributed by atoms with Crippen LogP contribution in [0.5, 0.6) is 0 Å². The predicted octanol–water partition coefficient (Wildman–Crippen LogP) is 3.25. The van der Waals surface area contributed by atoms with Crippen molar-refractivity contribution in [3.8, 4) is 0 Å². The zero-order chi connectivity index (χ0) is 18.0. The van der Waals surface area contributed by atoms with E-state index in [0.717, 1.165) is 10.5 Å². The Labute approximate surface area is 149 Å². The van der Waals surface area contributed by atoms with Gasteiger partial charge in [-0.2, -0.15) is 0 Å². The van der Waals surface area contributed by atoms with Crippen LogP contribution in [0.15, 0.2) is 53.5 Å². The van der Waals surface area contributed by atoms with Crippen molar-refractivity contribution in [2.75, 3.05) is 4.90 Å². The van der Waals surface area contributed by atoms with Crippen LogP contribution in [-0.2, 0) is 9.59 Å². The van der Waals surface area contributed by atoms with Crippen molar-refractivity contribution >= 4 is 47.0 Å². The van der Waals surface area contributed by atoms with Crippen LogP contribution in [0.1, 0.15) is 5.56 Å². The highest BCUT2D eigenvalue weighted by atomic mass is 35.5. The summed E-state index contributed by atoms with van der Waals surface area (Å²) in [6.45, 7) is 1.78. The topological polar surface area (TPSA) is 78.8 Å². The first-order chi connectivity index (χ1) is 12.0.